The van der Waals surface area contributed by atoms with E-state index >= 15 is 0 Å². The molecule has 7 nitrogen and oxygen atoms in total. The maximum atomic E-state index is 11.9. The topological polar surface area (TPSA) is 104 Å². The number of amides is 1. The van der Waals surface area contributed by atoms with Gasteiger partial charge in [0.05, 0.1) is 16.9 Å². The second kappa shape index (κ2) is 4.85. The second-order valence-electron chi connectivity index (χ2n) is 4.03. The minimum Gasteiger partial charge on any atom is -0.479 e. The fraction of sp³-hybridized carbons (Fsp3) is 0.182. The highest BCUT2D eigenvalue weighted by atomic mass is 32.1. The van der Waals surface area contributed by atoms with Crippen molar-refractivity contribution in [1.29, 1.82) is 0 Å². The molecule has 3 N–H and O–H groups in total. The van der Waals surface area contributed by atoms with Crippen LogP contribution in [0.15, 0.2) is 17.6 Å². The first kappa shape index (κ1) is 13.0. The number of aliphatic carboxylic acids is 1. The highest BCUT2D eigenvalue weighted by Crippen LogP contribution is 2.28. The Kier molecular flexibility index (Phi) is 3.16. The minimum absolute atomic E-state index is 0.329. The van der Waals surface area contributed by atoms with Crippen LogP contribution in [0.4, 0.5) is 0 Å². The number of thiophene rings is 1. The Morgan fingerprint density at radius 2 is 2.30 bits per heavy atom. The van der Waals surface area contributed by atoms with Crippen LogP contribution in [0, 0.1) is 0 Å². The van der Waals surface area contributed by atoms with E-state index in [0.29, 0.717) is 4.88 Å². The standard InChI is InChI=1S/C11H9N3O4S2/c15-6(10(17)18)4-12-8(16)7-3-5-9(20-7)13-11-14(5)1-2-19-11/h1-3,6,15H,4H2,(H,12,16)(H,17,18). The first-order chi connectivity index (χ1) is 9.56. The molecule has 1 atom stereocenters. The summed E-state index contributed by atoms with van der Waals surface area (Å²) in [5.41, 5.74) is 0.843. The Bertz CT molecular complexity index is 803. The van der Waals surface area contributed by atoms with Crippen LogP contribution in [-0.2, 0) is 4.79 Å². The Morgan fingerprint density at radius 3 is 3.05 bits per heavy atom. The zero-order valence-corrected chi connectivity index (χ0v) is 11.6. The summed E-state index contributed by atoms with van der Waals surface area (Å²) in [5, 5.41) is 21.9. The largest absolute Gasteiger partial charge is 0.479 e. The number of nitrogens with zero attached hydrogens (tertiary/aromatic N) is 2. The number of hydrogen-bond acceptors (Lipinski definition) is 6. The van der Waals surface area contributed by atoms with Crippen molar-refractivity contribution in [1.82, 2.24) is 14.7 Å². The Hall–Kier alpha value is -1.97. The van der Waals surface area contributed by atoms with Crippen LogP contribution < -0.4 is 5.32 Å². The number of aliphatic hydroxyl groups is 1. The lowest BCUT2D eigenvalue weighted by molar-refractivity contribution is -0.146. The zero-order valence-electron chi connectivity index (χ0n) is 9.94. The average molecular weight is 311 g/mol. The summed E-state index contributed by atoms with van der Waals surface area (Å²) < 4.78 is 1.89. The van der Waals surface area contributed by atoms with Crippen molar-refractivity contribution in [2.24, 2.45) is 0 Å². The van der Waals surface area contributed by atoms with E-state index < -0.39 is 18.0 Å². The number of carbonyl (C=O) groups excluding carboxylic acids is 1. The van der Waals surface area contributed by atoms with Crippen LogP contribution in [0.25, 0.3) is 15.3 Å². The van der Waals surface area contributed by atoms with Gasteiger partial charge in [-0.1, -0.05) is 0 Å². The molecule has 3 rings (SSSR count). The van der Waals surface area contributed by atoms with Crippen molar-refractivity contribution in [3.8, 4) is 0 Å². The molecular formula is C11H9N3O4S2. The third-order valence-corrected chi connectivity index (χ3v) is 4.48. The first-order valence-corrected chi connectivity index (χ1v) is 7.30. The van der Waals surface area contributed by atoms with E-state index in [2.05, 4.69) is 10.3 Å². The van der Waals surface area contributed by atoms with E-state index in [1.165, 1.54) is 22.7 Å². The van der Waals surface area contributed by atoms with Crippen LogP contribution in [0.1, 0.15) is 9.67 Å². The Labute approximate surface area is 120 Å². The van der Waals surface area contributed by atoms with Crippen molar-refractivity contribution in [2.75, 3.05) is 6.54 Å². The van der Waals surface area contributed by atoms with Gasteiger partial charge < -0.3 is 15.5 Å². The molecule has 0 aliphatic heterocycles. The van der Waals surface area contributed by atoms with E-state index in [1.54, 1.807) is 6.07 Å². The third-order valence-electron chi connectivity index (χ3n) is 2.70. The highest BCUT2D eigenvalue weighted by molar-refractivity contribution is 7.21. The van der Waals surface area contributed by atoms with Crippen molar-refractivity contribution >= 4 is 49.9 Å². The number of aliphatic hydroxyl groups excluding tert-OH is 1. The lowest BCUT2D eigenvalue weighted by Crippen LogP contribution is -2.36. The van der Waals surface area contributed by atoms with Crippen molar-refractivity contribution < 1.29 is 19.8 Å². The number of hydrogen-bond donors (Lipinski definition) is 3. The van der Waals surface area contributed by atoms with Crippen LogP contribution in [-0.4, -0.2) is 44.1 Å². The minimum atomic E-state index is -1.60. The third kappa shape index (κ3) is 2.15. The molecule has 20 heavy (non-hydrogen) atoms. The van der Waals surface area contributed by atoms with E-state index in [1.807, 2.05) is 16.0 Å². The number of fused-ring (bicyclic) bond motifs is 3. The predicted molar refractivity (Wildman–Crippen MR) is 74.4 cm³/mol. The van der Waals surface area contributed by atoms with Crippen LogP contribution >= 0.6 is 22.7 Å². The zero-order chi connectivity index (χ0) is 14.3. The number of imidazole rings is 1. The molecule has 9 heteroatoms. The monoisotopic (exact) mass is 311 g/mol. The molecule has 1 unspecified atom stereocenters. The van der Waals surface area contributed by atoms with Gasteiger partial charge in [0.1, 0.15) is 4.83 Å². The van der Waals surface area contributed by atoms with E-state index in [9.17, 15) is 9.59 Å². The highest BCUT2D eigenvalue weighted by Gasteiger charge is 2.18. The Morgan fingerprint density at radius 1 is 1.50 bits per heavy atom. The first-order valence-electron chi connectivity index (χ1n) is 5.60. The van der Waals surface area contributed by atoms with Crippen molar-refractivity contribution in [3.05, 3.63) is 22.5 Å². The fourth-order valence-electron chi connectivity index (χ4n) is 1.72. The molecule has 0 spiro atoms. The molecule has 0 aromatic carbocycles. The smallest absolute Gasteiger partial charge is 0.334 e. The van der Waals surface area contributed by atoms with Crippen LogP contribution in [0.2, 0.25) is 0 Å². The fourth-order valence-corrected chi connectivity index (χ4v) is 3.44. The van der Waals surface area contributed by atoms with Gasteiger partial charge in [0, 0.05) is 11.6 Å². The van der Waals surface area contributed by atoms with Gasteiger partial charge in [-0.05, 0) is 6.07 Å². The quantitative estimate of drug-likeness (QED) is 0.661. The molecule has 3 aromatic rings. The number of carboxylic acids is 1. The number of nitrogens with one attached hydrogen (secondary N) is 1. The molecule has 0 bridgehead atoms. The van der Waals surface area contributed by atoms with Crippen LogP contribution in [0.3, 0.4) is 0 Å². The number of carboxylic acid groups (broad SMARTS) is 1. The Balaban J connectivity index is 1.81. The summed E-state index contributed by atoms with van der Waals surface area (Å²) >= 11 is 2.74. The second-order valence-corrected chi connectivity index (χ2v) is 5.94. The van der Waals surface area contributed by atoms with Gasteiger partial charge >= 0.3 is 5.97 Å². The summed E-state index contributed by atoms with van der Waals surface area (Å²) in [6, 6.07) is 1.70. The number of rotatable bonds is 4. The van der Waals surface area contributed by atoms with Crippen LogP contribution in [0.5, 0.6) is 0 Å². The van der Waals surface area contributed by atoms with Gasteiger partial charge in [-0.15, -0.1) is 22.7 Å². The molecule has 3 aromatic heterocycles. The molecule has 0 radical (unpaired) electrons. The molecule has 0 aliphatic carbocycles. The lowest BCUT2D eigenvalue weighted by Gasteiger charge is -2.06. The van der Waals surface area contributed by atoms with Gasteiger partial charge in [0.25, 0.3) is 5.91 Å². The van der Waals surface area contributed by atoms with Crippen molar-refractivity contribution in [3.63, 3.8) is 0 Å². The summed E-state index contributed by atoms with van der Waals surface area (Å²) in [6.45, 7) is -0.329. The predicted octanol–water partition coefficient (Wildman–Crippen LogP) is 0.786. The van der Waals surface area contributed by atoms with Gasteiger partial charge in [0.15, 0.2) is 11.1 Å². The molecule has 1 amide bonds. The number of aromatic nitrogens is 2. The molecule has 3 heterocycles. The molecule has 0 fully saturated rings. The van der Waals surface area contributed by atoms with Gasteiger partial charge in [-0.25, -0.2) is 9.78 Å². The molecule has 0 aliphatic rings. The SMILES string of the molecule is O=C(NCC(O)C(=O)O)c1cc2c(nc3sccn32)s1. The lowest BCUT2D eigenvalue weighted by atomic mass is 10.3. The average Bonchev–Trinajstić information content (AvgIpc) is 3.05. The number of thiazole rings is 1. The maximum Gasteiger partial charge on any atom is 0.334 e. The van der Waals surface area contributed by atoms with E-state index in [-0.39, 0.29) is 6.54 Å². The summed E-state index contributed by atoms with van der Waals surface area (Å²) in [7, 11) is 0. The molecule has 0 saturated carbocycles. The van der Waals surface area contributed by atoms with Gasteiger partial charge in [-0.3, -0.25) is 9.20 Å². The molecule has 0 saturated heterocycles. The van der Waals surface area contributed by atoms with E-state index in [4.69, 9.17) is 10.2 Å². The van der Waals surface area contributed by atoms with Crippen molar-refractivity contribution in [2.45, 2.75) is 6.10 Å². The molecular weight excluding hydrogens is 302 g/mol. The molecule has 104 valence electrons. The number of carbonyl (C=O) groups is 2. The van der Waals surface area contributed by atoms with Gasteiger partial charge in [-0.2, -0.15) is 0 Å². The van der Waals surface area contributed by atoms with Gasteiger partial charge in [0.2, 0.25) is 0 Å². The van der Waals surface area contributed by atoms with E-state index in [0.717, 1.165) is 15.3 Å². The normalized spacial score (nSPS) is 12.8. The summed E-state index contributed by atoms with van der Waals surface area (Å²) in [6.07, 6.45) is 0.270. The summed E-state index contributed by atoms with van der Waals surface area (Å²) in [5.74, 6) is -1.79. The maximum absolute atomic E-state index is 11.9. The summed E-state index contributed by atoms with van der Waals surface area (Å²) in [4.78, 5) is 28.7.